The fourth-order valence-electron chi connectivity index (χ4n) is 2.78. The molecule has 2 rings (SSSR count). The maximum Gasteiger partial charge on any atom is 0.251 e. The molecule has 4 nitrogen and oxygen atoms in total. The Hall–Kier alpha value is -2.33. The number of nitrogens with one attached hydrogen (secondary N) is 1. The van der Waals surface area contributed by atoms with Crippen LogP contribution in [0.3, 0.4) is 0 Å². The number of carbonyl (C=O) groups is 1. The van der Waals surface area contributed by atoms with E-state index in [0.29, 0.717) is 18.7 Å². The maximum atomic E-state index is 12.3. The van der Waals surface area contributed by atoms with E-state index in [0.717, 1.165) is 17.9 Å². The quantitative estimate of drug-likeness (QED) is 0.798. The van der Waals surface area contributed by atoms with Gasteiger partial charge in [0.2, 0.25) is 0 Å². The second-order valence-electron chi connectivity index (χ2n) is 7.38. The lowest BCUT2D eigenvalue weighted by molar-refractivity contribution is 0.0929. The Kier molecular flexibility index (Phi) is 6.59. The molecule has 0 radical (unpaired) electrons. The lowest BCUT2D eigenvalue weighted by Gasteiger charge is -2.28. The Labute approximate surface area is 150 Å². The van der Waals surface area contributed by atoms with Crippen LogP contribution in [0.1, 0.15) is 29.8 Å². The van der Waals surface area contributed by atoms with Crippen LogP contribution in [0.25, 0.3) is 0 Å². The minimum Gasteiger partial charge on any atom is -0.489 e. The molecule has 134 valence electrons. The molecule has 0 saturated heterocycles. The van der Waals surface area contributed by atoms with Gasteiger partial charge in [0, 0.05) is 18.7 Å². The average Bonchev–Trinajstić information content (AvgIpc) is 2.58. The fourth-order valence-corrected chi connectivity index (χ4v) is 2.78. The Morgan fingerprint density at radius 1 is 1.04 bits per heavy atom. The van der Waals surface area contributed by atoms with E-state index in [2.05, 4.69) is 24.1 Å². The first-order valence-corrected chi connectivity index (χ1v) is 8.55. The van der Waals surface area contributed by atoms with Crippen molar-refractivity contribution in [3.05, 3.63) is 65.7 Å². The van der Waals surface area contributed by atoms with E-state index in [-0.39, 0.29) is 11.3 Å². The van der Waals surface area contributed by atoms with E-state index < -0.39 is 0 Å². The van der Waals surface area contributed by atoms with Crippen molar-refractivity contribution >= 4 is 5.91 Å². The molecule has 0 atom stereocenters. The van der Waals surface area contributed by atoms with Crippen molar-refractivity contribution < 1.29 is 9.53 Å². The van der Waals surface area contributed by atoms with E-state index in [1.54, 1.807) is 12.1 Å². The third kappa shape index (κ3) is 6.59. The number of ether oxygens (including phenoxy) is 1. The van der Waals surface area contributed by atoms with Crippen molar-refractivity contribution in [3.63, 3.8) is 0 Å². The maximum absolute atomic E-state index is 12.3. The van der Waals surface area contributed by atoms with Crippen molar-refractivity contribution in [2.24, 2.45) is 5.41 Å². The molecule has 0 aromatic heterocycles. The number of carbonyl (C=O) groups excluding carboxylic acids is 1. The van der Waals surface area contributed by atoms with Crippen LogP contribution in [-0.4, -0.2) is 38.0 Å². The van der Waals surface area contributed by atoms with Gasteiger partial charge >= 0.3 is 0 Å². The minimum absolute atomic E-state index is 0.0257. The molecule has 0 saturated carbocycles. The van der Waals surface area contributed by atoms with Gasteiger partial charge in [-0.3, -0.25) is 4.79 Å². The summed E-state index contributed by atoms with van der Waals surface area (Å²) in [6.07, 6.45) is 0. The van der Waals surface area contributed by atoms with Crippen molar-refractivity contribution in [1.82, 2.24) is 10.2 Å². The summed E-state index contributed by atoms with van der Waals surface area (Å²) in [6.45, 7) is 6.36. The first-order valence-electron chi connectivity index (χ1n) is 8.55. The molecular formula is C21H28N2O2. The van der Waals surface area contributed by atoms with Gasteiger partial charge in [0.25, 0.3) is 5.91 Å². The van der Waals surface area contributed by atoms with Crippen molar-refractivity contribution in [3.8, 4) is 5.75 Å². The molecule has 2 aromatic carbocycles. The van der Waals surface area contributed by atoms with Gasteiger partial charge < -0.3 is 15.0 Å². The normalized spacial score (nSPS) is 11.4. The average molecular weight is 340 g/mol. The van der Waals surface area contributed by atoms with Crippen LogP contribution in [0, 0.1) is 5.41 Å². The lowest BCUT2D eigenvalue weighted by atomic mass is 9.93. The molecule has 0 aliphatic heterocycles. The summed E-state index contributed by atoms with van der Waals surface area (Å²) >= 11 is 0. The number of amides is 1. The van der Waals surface area contributed by atoms with Gasteiger partial charge in [-0.2, -0.15) is 0 Å². The molecule has 1 amide bonds. The van der Waals surface area contributed by atoms with Crippen LogP contribution in [0.15, 0.2) is 54.6 Å². The van der Waals surface area contributed by atoms with E-state index in [1.807, 2.05) is 56.6 Å². The molecule has 1 N–H and O–H groups in total. The van der Waals surface area contributed by atoms with E-state index >= 15 is 0 Å². The highest BCUT2D eigenvalue weighted by molar-refractivity contribution is 5.94. The smallest absolute Gasteiger partial charge is 0.251 e. The summed E-state index contributed by atoms with van der Waals surface area (Å²) in [4.78, 5) is 14.4. The molecule has 0 unspecified atom stereocenters. The molecule has 0 aliphatic carbocycles. The fraction of sp³-hybridized carbons (Fsp3) is 0.381. The van der Waals surface area contributed by atoms with Gasteiger partial charge in [-0.05, 0) is 49.3 Å². The summed E-state index contributed by atoms with van der Waals surface area (Å²) in [5.41, 5.74) is 1.79. The first-order chi connectivity index (χ1) is 11.9. The van der Waals surface area contributed by atoms with Gasteiger partial charge in [-0.1, -0.05) is 44.2 Å². The van der Waals surface area contributed by atoms with Crippen LogP contribution in [0.4, 0.5) is 0 Å². The summed E-state index contributed by atoms with van der Waals surface area (Å²) in [7, 11) is 4.08. The molecular weight excluding hydrogens is 312 g/mol. The number of rotatable bonds is 8. The predicted molar refractivity (Wildman–Crippen MR) is 102 cm³/mol. The summed E-state index contributed by atoms with van der Waals surface area (Å²) in [5.74, 6) is 0.704. The van der Waals surface area contributed by atoms with E-state index in [9.17, 15) is 4.79 Å². The van der Waals surface area contributed by atoms with E-state index in [1.165, 1.54) is 0 Å². The second-order valence-corrected chi connectivity index (χ2v) is 7.38. The number of hydrogen-bond acceptors (Lipinski definition) is 3. The Bertz CT molecular complexity index is 664. The highest BCUT2D eigenvalue weighted by Gasteiger charge is 2.20. The van der Waals surface area contributed by atoms with Crippen LogP contribution < -0.4 is 10.1 Å². The molecule has 0 heterocycles. The zero-order chi connectivity index (χ0) is 18.3. The molecule has 4 heteroatoms. The Morgan fingerprint density at radius 3 is 2.28 bits per heavy atom. The molecule has 0 aliphatic rings. The second kappa shape index (κ2) is 8.67. The van der Waals surface area contributed by atoms with E-state index in [4.69, 9.17) is 4.74 Å². The lowest BCUT2D eigenvalue weighted by Crippen LogP contribution is -2.39. The molecule has 0 fully saturated rings. The van der Waals surface area contributed by atoms with Gasteiger partial charge in [-0.15, -0.1) is 0 Å². The molecule has 2 aromatic rings. The third-order valence-electron chi connectivity index (χ3n) is 3.84. The molecule has 0 spiro atoms. The summed E-state index contributed by atoms with van der Waals surface area (Å²) < 4.78 is 5.75. The summed E-state index contributed by atoms with van der Waals surface area (Å²) in [6, 6.07) is 17.3. The number of hydrogen-bond donors (Lipinski definition) is 1. The predicted octanol–water partition coefficient (Wildman–Crippen LogP) is 3.58. The Morgan fingerprint density at radius 2 is 1.68 bits per heavy atom. The molecule has 25 heavy (non-hydrogen) atoms. The van der Waals surface area contributed by atoms with Crippen LogP contribution >= 0.6 is 0 Å². The van der Waals surface area contributed by atoms with Gasteiger partial charge in [0.1, 0.15) is 12.4 Å². The monoisotopic (exact) mass is 340 g/mol. The highest BCUT2D eigenvalue weighted by Crippen LogP contribution is 2.16. The number of benzene rings is 2. The van der Waals surface area contributed by atoms with Crippen molar-refractivity contribution in [1.29, 1.82) is 0 Å². The first kappa shape index (κ1) is 19.0. The highest BCUT2D eigenvalue weighted by atomic mass is 16.5. The zero-order valence-electron chi connectivity index (χ0n) is 15.6. The number of nitrogens with zero attached hydrogens (tertiary/aromatic N) is 1. The van der Waals surface area contributed by atoms with Crippen molar-refractivity contribution in [2.45, 2.75) is 20.5 Å². The third-order valence-corrected chi connectivity index (χ3v) is 3.84. The van der Waals surface area contributed by atoms with Gasteiger partial charge in [0.15, 0.2) is 0 Å². The van der Waals surface area contributed by atoms with Gasteiger partial charge in [-0.25, -0.2) is 0 Å². The van der Waals surface area contributed by atoms with Crippen molar-refractivity contribution in [2.75, 3.05) is 27.2 Å². The van der Waals surface area contributed by atoms with Crippen LogP contribution in [-0.2, 0) is 6.61 Å². The Balaban J connectivity index is 1.85. The minimum atomic E-state index is -0.0542. The van der Waals surface area contributed by atoms with Crippen LogP contribution in [0.5, 0.6) is 5.75 Å². The van der Waals surface area contributed by atoms with Gasteiger partial charge in [0.05, 0.1) is 0 Å². The summed E-state index contributed by atoms with van der Waals surface area (Å²) in [5, 5.41) is 3.02. The standard InChI is InChI=1S/C21H28N2O2/c1-21(2,16-23(3)4)15-22-20(24)18-10-12-19(13-11-18)25-14-17-8-6-5-7-9-17/h5-13H,14-16H2,1-4H3,(H,22,24). The molecule has 0 bridgehead atoms. The SMILES string of the molecule is CN(C)CC(C)(C)CNC(=O)c1ccc(OCc2ccccc2)cc1. The van der Waals surface area contributed by atoms with Crippen LogP contribution in [0.2, 0.25) is 0 Å². The topological polar surface area (TPSA) is 41.6 Å². The zero-order valence-corrected chi connectivity index (χ0v) is 15.6. The largest absolute Gasteiger partial charge is 0.489 e.